The summed E-state index contributed by atoms with van der Waals surface area (Å²) >= 11 is 1.36. The lowest BCUT2D eigenvalue weighted by molar-refractivity contribution is -0.122. The Balaban J connectivity index is 2.30. The lowest BCUT2D eigenvalue weighted by atomic mass is 10.2. The van der Waals surface area contributed by atoms with Crippen LogP contribution in [0.25, 0.3) is 0 Å². The van der Waals surface area contributed by atoms with Crippen molar-refractivity contribution in [2.45, 2.75) is 39.3 Å². The van der Waals surface area contributed by atoms with Gasteiger partial charge in [-0.25, -0.2) is 0 Å². The van der Waals surface area contributed by atoms with Crippen LogP contribution >= 0.6 is 11.3 Å². The fourth-order valence-corrected chi connectivity index (χ4v) is 2.41. The van der Waals surface area contributed by atoms with Gasteiger partial charge in [-0.15, -0.1) is 11.3 Å². The van der Waals surface area contributed by atoms with Gasteiger partial charge in [-0.3, -0.25) is 9.59 Å². The van der Waals surface area contributed by atoms with Gasteiger partial charge in [-0.05, 0) is 38.8 Å². The van der Waals surface area contributed by atoms with Gasteiger partial charge in [0.25, 0.3) is 5.91 Å². The van der Waals surface area contributed by atoms with Crippen LogP contribution in [0.4, 0.5) is 0 Å². The zero-order valence-electron chi connectivity index (χ0n) is 13.2. The van der Waals surface area contributed by atoms with Crippen LogP contribution in [0.2, 0.25) is 0 Å². The number of nitrogens with zero attached hydrogens (tertiary/aromatic N) is 1. The topological polar surface area (TPSA) is 61.4 Å². The molecule has 1 heterocycles. The number of nitrogens with one attached hydrogen (secondary N) is 2. The Bertz CT molecular complexity index is 448. The Labute approximate surface area is 130 Å². The molecule has 1 aromatic rings. The Hall–Kier alpha value is -1.40. The van der Waals surface area contributed by atoms with Crippen LogP contribution in [0.15, 0.2) is 17.5 Å². The number of carbonyl (C=O) groups excluding carboxylic acids is 2. The summed E-state index contributed by atoms with van der Waals surface area (Å²) < 4.78 is 0. The lowest BCUT2D eigenvalue weighted by Gasteiger charge is -2.23. The van der Waals surface area contributed by atoms with E-state index in [0.717, 1.165) is 13.0 Å². The first-order valence-electron chi connectivity index (χ1n) is 7.28. The molecule has 1 aromatic heterocycles. The highest BCUT2D eigenvalue weighted by Crippen LogP contribution is 2.08. The van der Waals surface area contributed by atoms with Crippen molar-refractivity contribution in [2.24, 2.45) is 0 Å². The van der Waals surface area contributed by atoms with Crippen molar-refractivity contribution in [2.75, 3.05) is 20.1 Å². The van der Waals surface area contributed by atoms with Crippen molar-refractivity contribution in [3.63, 3.8) is 0 Å². The predicted octanol–water partition coefficient (Wildman–Crippen LogP) is 1.71. The number of thiophene rings is 1. The molecule has 0 aromatic carbocycles. The van der Waals surface area contributed by atoms with Gasteiger partial charge in [-0.2, -0.15) is 0 Å². The Morgan fingerprint density at radius 3 is 2.67 bits per heavy atom. The first-order chi connectivity index (χ1) is 9.95. The smallest absolute Gasteiger partial charge is 0.261 e. The molecule has 2 atom stereocenters. The van der Waals surface area contributed by atoms with Gasteiger partial charge in [-0.1, -0.05) is 13.0 Å². The fraction of sp³-hybridized carbons (Fsp3) is 0.600. The minimum atomic E-state index is -0.534. The quantitative estimate of drug-likeness (QED) is 0.768. The van der Waals surface area contributed by atoms with Crippen molar-refractivity contribution in [1.29, 1.82) is 0 Å². The minimum Gasteiger partial charge on any atom is -0.353 e. The maximum atomic E-state index is 11.9. The number of amides is 2. The standard InChI is InChI=1S/C15H25N3O2S/c1-5-11(2)18(4)9-8-16-14(19)12(3)17-15(20)13-7-6-10-21-13/h6-7,10-12H,5,8-9H2,1-4H3,(H,16,19)(H,17,20)/t11-,12-/m0/s1. The molecular weight excluding hydrogens is 286 g/mol. The molecule has 0 bridgehead atoms. The van der Waals surface area contributed by atoms with Crippen LogP contribution in [0.1, 0.15) is 36.9 Å². The molecule has 118 valence electrons. The number of hydrogen-bond acceptors (Lipinski definition) is 4. The first kappa shape index (κ1) is 17.7. The second-order valence-electron chi connectivity index (χ2n) is 5.20. The lowest BCUT2D eigenvalue weighted by Crippen LogP contribution is -2.46. The van der Waals surface area contributed by atoms with E-state index in [4.69, 9.17) is 0 Å². The highest BCUT2D eigenvalue weighted by Gasteiger charge is 2.17. The third-order valence-electron chi connectivity index (χ3n) is 3.59. The molecule has 1 rings (SSSR count). The number of hydrogen-bond donors (Lipinski definition) is 2. The molecule has 0 aliphatic rings. The summed E-state index contributed by atoms with van der Waals surface area (Å²) in [5.41, 5.74) is 0. The molecule has 21 heavy (non-hydrogen) atoms. The van der Waals surface area contributed by atoms with E-state index in [2.05, 4.69) is 29.4 Å². The molecule has 0 spiro atoms. The maximum Gasteiger partial charge on any atom is 0.261 e. The van der Waals surface area contributed by atoms with Gasteiger partial charge < -0.3 is 15.5 Å². The zero-order chi connectivity index (χ0) is 15.8. The molecule has 2 N–H and O–H groups in total. The normalized spacial score (nSPS) is 13.8. The Morgan fingerprint density at radius 2 is 2.10 bits per heavy atom. The van der Waals surface area contributed by atoms with Crippen LogP contribution in [0.5, 0.6) is 0 Å². The maximum absolute atomic E-state index is 11.9. The first-order valence-corrected chi connectivity index (χ1v) is 8.16. The average molecular weight is 311 g/mol. The van der Waals surface area contributed by atoms with Crippen LogP contribution in [-0.4, -0.2) is 48.9 Å². The third kappa shape index (κ3) is 5.85. The summed E-state index contributed by atoms with van der Waals surface area (Å²) in [6, 6.07) is 3.52. The molecule has 0 aliphatic carbocycles. The number of carbonyl (C=O) groups is 2. The van der Waals surface area contributed by atoms with E-state index in [0.29, 0.717) is 17.5 Å². The van der Waals surface area contributed by atoms with Crippen molar-refractivity contribution < 1.29 is 9.59 Å². The molecular formula is C15H25N3O2S. The van der Waals surface area contributed by atoms with E-state index in [1.807, 2.05) is 18.5 Å². The summed E-state index contributed by atoms with van der Waals surface area (Å²) in [4.78, 5) is 26.6. The van der Waals surface area contributed by atoms with Crippen molar-refractivity contribution >= 4 is 23.2 Å². The van der Waals surface area contributed by atoms with Gasteiger partial charge in [0.1, 0.15) is 6.04 Å². The second-order valence-corrected chi connectivity index (χ2v) is 6.15. The highest BCUT2D eigenvalue weighted by atomic mass is 32.1. The summed E-state index contributed by atoms with van der Waals surface area (Å²) in [5.74, 6) is -0.359. The molecule has 2 amide bonds. The van der Waals surface area contributed by atoms with Crippen LogP contribution in [0.3, 0.4) is 0 Å². The van der Waals surface area contributed by atoms with Gasteiger partial charge in [0.2, 0.25) is 5.91 Å². The van der Waals surface area contributed by atoms with Gasteiger partial charge >= 0.3 is 0 Å². The van der Waals surface area contributed by atoms with Crippen LogP contribution in [-0.2, 0) is 4.79 Å². The molecule has 0 unspecified atom stereocenters. The van der Waals surface area contributed by atoms with Gasteiger partial charge in [0.15, 0.2) is 0 Å². The van der Waals surface area contributed by atoms with Gasteiger partial charge in [0.05, 0.1) is 4.88 Å². The second kappa shape index (κ2) is 8.79. The summed E-state index contributed by atoms with van der Waals surface area (Å²) in [5, 5.41) is 7.39. The Kier molecular flexibility index (Phi) is 7.39. The summed E-state index contributed by atoms with van der Waals surface area (Å²) in [6.07, 6.45) is 1.08. The van der Waals surface area contributed by atoms with Crippen molar-refractivity contribution in [3.8, 4) is 0 Å². The number of rotatable bonds is 8. The molecule has 5 nitrogen and oxygen atoms in total. The highest BCUT2D eigenvalue weighted by molar-refractivity contribution is 7.12. The van der Waals surface area contributed by atoms with Crippen molar-refractivity contribution in [1.82, 2.24) is 15.5 Å². The van der Waals surface area contributed by atoms with E-state index in [1.165, 1.54) is 11.3 Å². The van der Waals surface area contributed by atoms with E-state index >= 15 is 0 Å². The SMILES string of the molecule is CC[C@H](C)N(C)CCNC(=O)[C@H](C)NC(=O)c1cccs1. The van der Waals surface area contributed by atoms with Crippen LogP contribution in [0, 0.1) is 0 Å². The molecule has 6 heteroatoms. The third-order valence-corrected chi connectivity index (χ3v) is 4.46. The van der Waals surface area contributed by atoms with Gasteiger partial charge in [0, 0.05) is 19.1 Å². The van der Waals surface area contributed by atoms with Crippen LogP contribution < -0.4 is 10.6 Å². The molecule has 0 radical (unpaired) electrons. The largest absolute Gasteiger partial charge is 0.353 e. The van der Waals surface area contributed by atoms with E-state index in [1.54, 1.807) is 13.0 Å². The molecule has 0 saturated carbocycles. The summed E-state index contributed by atoms with van der Waals surface area (Å²) in [6.45, 7) is 7.37. The fourth-order valence-electron chi connectivity index (χ4n) is 1.78. The average Bonchev–Trinajstić information content (AvgIpc) is 3.00. The minimum absolute atomic E-state index is 0.155. The predicted molar refractivity (Wildman–Crippen MR) is 86.6 cm³/mol. The van der Waals surface area contributed by atoms with E-state index < -0.39 is 6.04 Å². The molecule has 0 saturated heterocycles. The van der Waals surface area contributed by atoms with E-state index in [-0.39, 0.29) is 11.8 Å². The monoisotopic (exact) mass is 311 g/mol. The van der Waals surface area contributed by atoms with E-state index in [9.17, 15) is 9.59 Å². The zero-order valence-corrected chi connectivity index (χ0v) is 14.0. The molecule has 0 fully saturated rings. The number of likely N-dealkylation sites (N-methyl/N-ethyl adjacent to an activating group) is 1. The molecule has 0 aliphatic heterocycles. The Morgan fingerprint density at radius 1 is 1.38 bits per heavy atom. The van der Waals surface area contributed by atoms with Crippen molar-refractivity contribution in [3.05, 3.63) is 22.4 Å². The summed E-state index contributed by atoms with van der Waals surface area (Å²) in [7, 11) is 2.04.